The summed E-state index contributed by atoms with van der Waals surface area (Å²) in [5, 5.41) is 8.45. The second kappa shape index (κ2) is 8.96. The van der Waals surface area contributed by atoms with Crippen LogP contribution in [0, 0.1) is 11.2 Å². The fraction of sp³-hybridized carbons (Fsp3) is 0.609. The van der Waals surface area contributed by atoms with Crippen LogP contribution in [0.3, 0.4) is 0 Å². The number of nitrogens with zero attached hydrogens (tertiary/aromatic N) is 2. The molecule has 2 aliphatic heterocycles. The number of hydrogen-bond donors (Lipinski definition) is 3. The normalized spacial score (nSPS) is 24.9. The summed E-state index contributed by atoms with van der Waals surface area (Å²) in [7, 11) is 1.58. The van der Waals surface area contributed by atoms with Crippen LogP contribution in [-0.2, 0) is 17.8 Å². The number of halogens is 1. The van der Waals surface area contributed by atoms with Crippen LogP contribution in [0.4, 0.5) is 14.0 Å². The number of likely N-dealkylation sites (tertiary alicyclic amines) is 1. The molecular weight excluding hydrogens is 413 g/mol. The molecule has 1 aromatic carbocycles. The van der Waals surface area contributed by atoms with Gasteiger partial charge in [-0.1, -0.05) is 19.1 Å². The van der Waals surface area contributed by atoms with Crippen molar-refractivity contribution >= 4 is 18.0 Å². The zero-order valence-electron chi connectivity index (χ0n) is 18.7. The number of urea groups is 2. The summed E-state index contributed by atoms with van der Waals surface area (Å²) in [5.74, 6) is -0.337. The van der Waals surface area contributed by atoms with Gasteiger partial charge in [0.05, 0.1) is 6.04 Å². The van der Waals surface area contributed by atoms with Crippen LogP contribution in [0.25, 0.3) is 0 Å². The lowest BCUT2D eigenvalue weighted by Crippen LogP contribution is -2.61. The fourth-order valence-electron chi connectivity index (χ4n) is 5.06. The van der Waals surface area contributed by atoms with Crippen LogP contribution in [-0.4, -0.2) is 66.5 Å². The molecule has 8 nitrogen and oxygen atoms in total. The molecule has 0 radical (unpaired) electrons. The van der Waals surface area contributed by atoms with E-state index in [0.29, 0.717) is 38.0 Å². The summed E-state index contributed by atoms with van der Waals surface area (Å²) in [6.07, 6.45) is 3.58. The van der Waals surface area contributed by atoms with Crippen molar-refractivity contribution in [3.8, 4) is 0 Å². The Kier molecular flexibility index (Phi) is 6.26. The molecule has 1 spiro atoms. The van der Waals surface area contributed by atoms with E-state index in [2.05, 4.69) is 16.0 Å². The third-order valence-electron chi connectivity index (χ3n) is 6.85. The largest absolute Gasteiger partial charge is 0.355 e. The Morgan fingerprint density at radius 2 is 2.09 bits per heavy atom. The van der Waals surface area contributed by atoms with Crippen molar-refractivity contribution in [1.82, 2.24) is 25.8 Å². The molecule has 3 fully saturated rings. The van der Waals surface area contributed by atoms with Gasteiger partial charge in [-0.2, -0.15) is 0 Å². The van der Waals surface area contributed by atoms with Crippen LogP contribution < -0.4 is 16.0 Å². The SMILES string of the molecule is CCc1ccc(CNC(=O)N(C2CC2)C2CN(C(=O)NC)CC3(CNC(=O)C3)C2)c(F)c1. The molecule has 9 heteroatoms. The van der Waals surface area contributed by atoms with Gasteiger partial charge in [0, 0.05) is 56.7 Å². The lowest BCUT2D eigenvalue weighted by Gasteiger charge is -2.47. The highest BCUT2D eigenvalue weighted by atomic mass is 19.1. The lowest BCUT2D eigenvalue weighted by atomic mass is 9.76. The van der Waals surface area contributed by atoms with E-state index in [9.17, 15) is 18.8 Å². The number of carbonyl (C=O) groups excluding carboxylic acids is 3. The van der Waals surface area contributed by atoms with E-state index >= 15 is 0 Å². The molecular formula is C23H32FN5O3. The van der Waals surface area contributed by atoms with Gasteiger partial charge < -0.3 is 25.8 Å². The molecule has 0 bridgehead atoms. The monoisotopic (exact) mass is 445 g/mol. The zero-order valence-corrected chi connectivity index (χ0v) is 18.7. The standard InChI is InChI=1S/C23H32FN5O3/c1-3-15-4-5-16(19(24)8-15)11-26-22(32)29(17-6-7-17)18-9-23(10-20(30)27-13-23)14-28(12-18)21(31)25-2/h4-5,8,17-18H,3,6-7,9-14H2,1-2H3,(H,25,31)(H,26,32)(H,27,30). The Hall–Kier alpha value is -2.84. The highest BCUT2D eigenvalue weighted by molar-refractivity contribution is 5.80. The molecule has 2 unspecified atom stereocenters. The van der Waals surface area contributed by atoms with E-state index in [1.165, 1.54) is 6.07 Å². The van der Waals surface area contributed by atoms with Gasteiger partial charge in [-0.15, -0.1) is 0 Å². The number of carbonyl (C=O) groups is 3. The highest BCUT2D eigenvalue weighted by Gasteiger charge is 2.50. The van der Waals surface area contributed by atoms with Gasteiger partial charge in [-0.3, -0.25) is 4.79 Å². The maximum Gasteiger partial charge on any atom is 0.318 e. The predicted octanol–water partition coefficient (Wildman–Crippen LogP) is 1.98. The van der Waals surface area contributed by atoms with E-state index in [1.54, 1.807) is 18.0 Å². The average molecular weight is 446 g/mol. The van der Waals surface area contributed by atoms with Gasteiger partial charge in [-0.25, -0.2) is 14.0 Å². The van der Waals surface area contributed by atoms with Crippen LogP contribution in [0.15, 0.2) is 18.2 Å². The predicted molar refractivity (Wildman–Crippen MR) is 117 cm³/mol. The van der Waals surface area contributed by atoms with Crippen molar-refractivity contribution in [2.75, 3.05) is 26.7 Å². The molecule has 1 saturated carbocycles. The minimum absolute atomic E-state index is 0.0177. The summed E-state index contributed by atoms with van der Waals surface area (Å²) in [6, 6.07) is 4.56. The summed E-state index contributed by atoms with van der Waals surface area (Å²) in [5.41, 5.74) is 0.991. The van der Waals surface area contributed by atoms with Crippen LogP contribution in [0.1, 0.15) is 43.7 Å². The molecule has 0 aromatic heterocycles. The van der Waals surface area contributed by atoms with Crippen molar-refractivity contribution < 1.29 is 18.8 Å². The molecule has 32 heavy (non-hydrogen) atoms. The molecule has 1 aromatic rings. The smallest absolute Gasteiger partial charge is 0.318 e. The number of benzene rings is 1. The molecule has 5 amide bonds. The number of amides is 5. The number of hydrogen-bond acceptors (Lipinski definition) is 3. The Balaban J connectivity index is 1.50. The number of aryl methyl sites for hydroxylation is 1. The third kappa shape index (κ3) is 4.66. The summed E-state index contributed by atoms with van der Waals surface area (Å²) < 4.78 is 14.4. The van der Waals surface area contributed by atoms with Gasteiger partial charge in [0.15, 0.2) is 0 Å². The van der Waals surface area contributed by atoms with E-state index < -0.39 is 0 Å². The zero-order chi connectivity index (χ0) is 22.9. The second-order valence-corrected chi connectivity index (χ2v) is 9.32. The Morgan fingerprint density at radius 3 is 2.69 bits per heavy atom. The minimum Gasteiger partial charge on any atom is -0.355 e. The first-order valence-corrected chi connectivity index (χ1v) is 11.4. The highest BCUT2D eigenvalue weighted by Crippen LogP contribution is 2.40. The molecule has 2 saturated heterocycles. The molecule has 3 aliphatic rings. The van der Waals surface area contributed by atoms with Crippen molar-refractivity contribution in [2.45, 2.75) is 57.7 Å². The summed E-state index contributed by atoms with van der Waals surface area (Å²) >= 11 is 0. The first kappa shape index (κ1) is 22.4. The van der Waals surface area contributed by atoms with Crippen molar-refractivity contribution in [2.24, 2.45) is 5.41 Å². The average Bonchev–Trinajstić information content (AvgIpc) is 3.55. The topological polar surface area (TPSA) is 93.8 Å². The van der Waals surface area contributed by atoms with Crippen molar-refractivity contribution in [1.29, 1.82) is 0 Å². The Morgan fingerprint density at radius 1 is 1.31 bits per heavy atom. The maximum atomic E-state index is 14.4. The number of nitrogens with one attached hydrogen (secondary N) is 3. The fourth-order valence-corrected chi connectivity index (χ4v) is 5.06. The molecule has 2 heterocycles. The van der Waals surface area contributed by atoms with E-state index in [1.807, 2.05) is 17.9 Å². The van der Waals surface area contributed by atoms with Crippen LogP contribution in [0.5, 0.6) is 0 Å². The van der Waals surface area contributed by atoms with Crippen molar-refractivity contribution in [3.63, 3.8) is 0 Å². The first-order chi connectivity index (χ1) is 15.3. The van der Waals surface area contributed by atoms with Gasteiger partial charge in [0.2, 0.25) is 5.91 Å². The van der Waals surface area contributed by atoms with Crippen LogP contribution >= 0.6 is 0 Å². The van der Waals surface area contributed by atoms with Gasteiger partial charge in [0.1, 0.15) is 5.82 Å². The maximum absolute atomic E-state index is 14.4. The molecule has 3 N–H and O–H groups in total. The van der Waals surface area contributed by atoms with Gasteiger partial charge in [0.25, 0.3) is 0 Å². The van der Waals surface area contributed by atoms with Crippen LogP contribution in [0.2, 0.25) is 0 Å². The Labute approximate surface area is 187 Å². The second-order valence-electron chi connectivity index (χ2n) is 9.32. The van der Waals surface area contributed by atoms with Gasteiger partial charge in [-0.05, 0) is 37.3 Å². The minimum atomic E-state index is -0.373. The Bertz CT molecular complexity index is 906. The van der Waals surface area contributed by atoms with E-state index in [-0.39, 0.29) is 47.8 Å². The molecule has 1 aliphatic carbocycles. The van der Waals surface area contributed by atoms with E-state index in [0.717, 1.165) is 24.8 Å². The molecule has 2 atom stereocenters. The van der Waals surface area contributed by atoms with Crippen molar-refractivity contribution in [3.05, 3.63) is 35.1 Å². The molecule has 174 valence electrons. The first-order valence-electron chi connectivity index (χ1n) is 11.4. The number of rotatable bonds is 5. The molecule has 4 rings (SSSR count). The lowest BCUT2D eigenvalue weighted by molar-refractivity contribution is -0.120. The quantitative estimate of drug-likeness (QED) is 0.647. The number of piperidine rings is 1. The third-order valence-corrected chi connectivity index (χ3v) is 6.85. The summed E-state index contributed by atoms with van der Waals surface area (Å²) in [4.78, 5) is 41.2. The summed E-state index contributed by atoms with van der Waals surface area (Å²) in [6.45, 7) is 3.48. The van der Waals surface area contributed by atoms with Gasteiger partial charge >= 0.3 is 12.1 Å². The van der Waals surface area contributed by atoms with E-state index in [4.69, 9.17) is 0 Å².